The molecule has 105 heavy (non-hydrogen) atoms. The van der Waals surface area contributed by atoms with Crippen LogP contribution in [-0.2, 0) is 6.42 Å². The van der Waals surface area contributed by atoms with Crippen LogP contribution in [0.5, 0.6) is 0 Å². The highest BCUT2D eigenvalue weighted by molar-refractivity contribution is 6.12. The predicted molar refractivity (Wildman–Crippen MR) is 421 cm³/mol. The molecule has 0 fully saturated rings. The summed E-state index contributed by atoms with van der Waals surface area (Å²) in [7, 11) is 0. The highest BCUT2D eigenvalue weighted by Gasteiger charge is 2.19. The number of aromatic nitrogens is 10. The van der Waals surface area contributed by atoms with Crippen LogP contribution in [0.15, 0.2) is 296 Å². The van der Waals surface area contributed by atoms with Gasteiger partial charge >= 0.3 is 0 Å². The average Bonchev–Trinajstić information content (AvgIpc) is 1.61. The van der Waals surface area contributed by atoms with Crippen molar-refractivity contribution in [2.24, 2.45) is 0 Å². The van der Waals surface area contributed by atoms with E-state index in [1.165, 1.54) is 30.4 Å². The molecule has 0 N–H and O–H groups in total. The van der Waals surface area contributed by atoms with Gasteiger partial charge in [-0.15, -0.1) is 0 Å². The summed E-state index contributed by atoms with van der Waals surface area (Å²) in [5.41, 5.74) is 19.9. The Labute approximate surface area is 613 Å². The zero-order valence-electron chi connectivity index (χ0n) is 64.8. The van der Waals surface area contributed by atoms with Crippen molar-refractivity contribution >= 4 is 110 Å². The maximum Gasteiger partial charge on any atom is 0.227 e. The van der Waals surface area contributed by atoms with Crippen molar-refractivity contribution < 1.29 is 31.7 Å². The van der Waals surface area contributed by atoms with Crippen LogP contribution in [0.25, 0.3) is 167 Å². The van der Waals surface area contributed by atoms with E-state index in [1.807, 2.05) is 165 Å². The van der Waals surface area contributed by atoms with Gasteiger partial charge < -0.3 is 22.1 Å². The second-order valence-electron chi connectivity index (χ2n) is 25.4. The first-order valence-electron chi connectivity index (χ1n) is 37.9. The van der Waals surface area contributed by atoms with E-state index < -0.39 is 19.6 Å². The van der Waals surface area contributed by atoms with Gasteiger partial charge in [-0.1, -0.05) is 113 Å². The van der Waals surface area contributed by atoms with Gasteiger partial charge in [0.2, 0.25) is 28.6 Å². The molecule has 1 unspecified atom stereocenters. The normalized spacial score (nSPS) is 13.2. The lowest BCUT2D eigenvalue weighted by molar-refractivity contribution is 0.654. The highest BCUT2D eigenvalue weighted by atomic mass is 16.4. The minimum atomic E-state index is -2.44. The zero-order valence-corrected chi connectivity index (χ0v) is 57.8. The van der Waals surface area contributed by atoms with Gasteiger partial charge in [0.05, 0.1) is 28.5 Å². The molecule has 0 aliphatic carbocycles. The Morgan fingerprint density at radius 1 is 0.314 bits per heavy atom. The van der Waals surface area contributed by atoms with Crippen LogP contribution in [0.2, 0.25) is 0 Å². The van der Waals surface area contributed by atoms with Gasteiger partial charge in [-0.3, -0.25) is 24.9 Å². The van der Waals surface area contributed by atoms with Crippen LogP contribution in [0.4, 0.5) is 0 Å². The predicted octanol–water partition coefficient (Wildman–Crippen LogP) is 23.6. The maximum absolute atomic E-state index is 8.30. The second-order valence-corrected chi connectivity index (χ2v) is 25.4. The molecule has 0 saturated heterocycles. The minimum Gasteiger partial charge on any atom is -0.437 e. The van der Waals surface area contributed by atoms with E-state index in [1.54, 1.807) is 55.2 Å². The molecule has 0 radical (unpaired) electrons. The number of hydrogen-bond donors (Lipinski definition) is 0. The van der Waals surface area contributed by atoms with E-state index in [4.69, 9.17) is 31.7 Å². The molecule has 5 aromatic carbocycles. The lowest BCUT2D eigenvalue weighted by atomic mass is 10.0. The van der Waals surface area contributed by atoms with Crippen LogP contribution in [0.3, 0.4) is 0 Å². The number of furan rings is 5. The summed E-state index contributed by atoms with van der Waals surface area (Å²) in [6, 6.07) is 68.4. The molecule has 510 valence electrons. The van der Waals surface area contributed by atoms with Crippen LogP contribution in [0.1, 0.15) is 83.8 Å². The Morgan fingerprint density at radius 2 is 0.638 bits per heavy atom. The van der Waals surface area contributed by atoms with Crippen LogP contribution >= 0.6 is 0 Å². The maximum atomic E-state index is 8.30. The molecule has 0 amide bonds. The first-order valence-corrected chi connectivity index (χ1v) is 34.4. The molecule has 1 atom stereocenters. The van der Waals surface area contributed by atoms with Crippen molar-refractivity contribution in [2.75, 3.05) is 0 Å². The van der Waals surface area contributed by atoms with Crippen molar-refractivity contribution in [3.63, 3.8) is 0 Å². The minimum absolute atomic E-state index is 0.222. The number of nitrogens with zero attached hydrogens (tertiary/aromatic N) is 10. The van der Waals surface area contributed by atoms with Gasteiger partial charge in [0.25, 0.3) is 0 Å². The van der Waals surface area contributed by atoms with Crippen LogP contribution < -0.4 is 0 Å². The van der Waals surface area contributed by atoms with Crippen molar-refractivity contribution in [3.05, 3.63) is 302 Å². The molecule has 0 saturated carbocycles. The summed E-state index contributed by atoms with van der Waals surface area (Å²) in [4.78, 5) is 43.6. The fourth-order valence-electron chi connectivity index (χ4n) is 12.9. The summed E-state index contributed by atoms with van der Waals surface area (Å²) in [5.74, 6) is -1.26. The molecule has 0 aliphatic rings. The van der Waals surface area contributed by atoms with Gasteiger partial charge in [0, 0.05) is 153 Å². The second kappa shape index (κ2) is 28.9. The summed E-state index contributed by atoms with van der Waals surface area (Å²) in [6.45, 7) is 5.33. The summed E-state index contributed by atoms with van der Waals surface area (Å²) in [5, 5.41) is 10.1. The van der Waals surface area contributed by atoms with E-state index in [2.05, 4.69) is 119 Å². The third-order valence-corrected chi connectivity index (χ3v) is 18.3. The van der Waals surface area contributed by atoms with Gasteiger partial charge in [0.1, 0.15) is 27.9 Å². The third-order valence-electron chi connectivity index (χ3n) is 18.3. The number of rotatable bonds is 8. The number of fused-ring (bicyclic) bond motifs is 15. The largest absolute Gasteiger partial charge is 0.437 e. The Bertz CT molecular complexity index is 6830. The molecule has 15 aromatic heterocycles. The molecule has 0 spiro atoms. The molecule has 15 heterocycles. The topological polar surface area (TPSA) is 195 Å². The van der Waals surface area contributed by atoms with E-state index in [9.17, 15) is 0 Å². The lowest BCUT2D eigenvalue weighted by Crippen LogP contribution is -1.90. The Balaban J connectivity index is 0.000000106. The quantitative estimate of drug-likeness (QED) is 0.139. The molecule has 0 aliphatic heterocycles. The van der Waals surface area contributed by atoms with Crippen molar-refractivity contribution in [3.8, 4) is 56.3 Å². The fourth-order valence-corrected chi connectivity index (χ4v) is 12.9. The molecule has 0 bridgehead atoms. The van der Waals surface area contributed by atoms with Crippen molar-refractivity contribution in [1.82, 2.24) is 49.8 Å². The number of pyridine rings is 10. The van der Waals surface area contributed by atoms with E-state index in [0.717, 1.165) is 127 Å². The number of para-hydroxylation sites is 5. The lowest BCUT2D eigenvalue weighted by Gasteiger charge is -2.07. The zero-order chi connectivity index (χ0) is 77.4. The number of benzene rings is 5. The first-order chi connectivity index (χ1) is 54.3. The van der Waals surface area contributed by atoms with Gasteiger partial charge in [-0.05, 0) is 193 Å². The fraction of sp³-hybridized carbons (Fsp3) is 0.111. The van der Waals surface area contributed by atoms with E-state index in [-0.39, 0.29) is 5.56 Å². The summed E-state index contributed by atoms with van der Waals surface area (Å²) < 4.78 is 83.2. The van der Waals surface area contributed by atoms with Gasteiger partial charge in [-0.2, -0.15) is 0 Å². The number of aryl methyl sites for hydroxylation is 3. The van der Waals surface area contributed by atoms with Gasteiger partial charge in [0.15, 0.2) is 0 Å². The molecule has 15 heteroatoms. The van der Waals surface area contributed by atoms with Gasteiger partial charge in [-0.25, -0.2) is 24.9 Å². The monoisotopic (exact) mass is 1380 g/mol. The first kappa shape index (κ1) is 58.3. The Kier molecular flexibility index (Phi) is 16.0. The number of hydrogen-bond acceptors (Lipinski definition) is 15. The SMILES string of the molecule is CC(C)c1ccnc(-c2cccc3c2oc2ncccc23)c1.CCc1ccc(-c2cccc3c2oc2ncccc23)nc1.Cc1ccc(-c2cccc3c2oc2ncccc23)nc1.[2H]C([2H])([2H])C([2H])(C)c1ccnc(-c2cccc3c2oc2ncccc23)c1.[2H]C([2H])([2H])c1ccc(-c2cccc3c2oc2ncccc23)nc1. The Hall–Kier alpha value is -13.4. The molecule has 15 nitrogen and oxygen atoms in total. The Morgan fingerprint density at radius 3 is 0.952 bits per heavy atom. The van der Waals surface area contributed by atoms with E-state index in [0.29, 0.717) is 62.6 Å². The standard InChI is InChI=1S/2C19H16N2O.C18H14N2O.2C17H12N2O/c2*1-12(2)13-8-10-20-17(11-13)16-6-3-5-14-15-7-4-9-21-19(15)22-18(14)16;1-2-12-8-9-16(20-11-12)15-6-3-5-13-14-7-4-10-19-18(14)21-17(13)15;2*1-11-7-8-15(19-10-11)14-5-2-4-12-13-6-3-9-18-17(13)20-16(12)14/h2*3-12H,1-2H3;3-11H,2H2,1H3;2*2-10H,1H3/i1D3,12D;;;1D3;. The smallest absolute Gasteiger partial charge is 0.227 e. The van der Waals surface area contributed by atoms with Crippen molar-refractivity contribution in [1.29, 1.82) is 0 Å². The third kappa shape index (κ3) is 13.3. The van der Waals surface area contributed by atoms with Crippen LogP contribution in [0, 0.1) is 13.8 Å². The molecular weight excluding hydrogens is 1300 g/mol. The van der Waals surface area contributed by atoms with Crippen molar-refractivity contribution in [2.45, 2.75) is 66.6 Å². The summed E-state index contributed by atoms with van der Waals surface area (Å²) >= 11 is 0. The molecule has 20 aromatic rings. The highest BCUT2D eigenvalue weighted by Crippen LogP contribution is 2.40. The van der Waals surface area contributed by atoms with Crippen LogP contribution in [-0.4, -0.2) is 49.8 Å². The molecular formula is C90H70N10O5. The summed E-state index contributed by atoms with van der Waals surface area (Å²) in [6.07, 6.45) is 18.2. The average molecular weight is 1380 g/mol. The van der Waals surface area contributed by atoms with E-state index >= 15 is 0 Å². The molecule has 20 rings (SSSR count).